The molecular formula is C18H16BrN3O. The normalized spacial score (nSPS) is 10.7. The van der Waals surface area contributed by atoms with Crippen LogP contribution in [0.3, 0.4) is 0 Å². The Hall–Kier alpha value is -2.58. The van der Waals surface area contributed by atoms with Crippen LogP contribution in [0.25, 0.3) is 0 Å². The van der Waals surface area contributed by atoms with Gasteiger partial charge in [-0.15, -0.1) is 0 Å². The first-order valence-electron chi connectivity index (χ1n) is 7.05. The molecule has 0 unspecified atom stereocenters. The Labute approximate surface area is 144 Å². The van der Waals surface area contributed by atoms with Crippen LogP contribution in [0.5, 0.6) is 0 Å². The molecule has 0 heterocycles. The van der Waals surface area contributed by atoms with Gasteiger partial charge in [-0.3, -0.25) is 4.79 Å². The van der Waals surface area contributed by atoms with Crippen LogP contribution in [0.4, 0.5) is 5.69 Å². The Bertz CT molecular complexity index is 778. The predicted molar refractivity (Wildman–Crippen MR) is 94.5 cm³/mol. The molecule has 0 atom stereocenters. The number of nitriles is 1. The lowest BCUT2D eigenvalue weighted by Crippen LogP contribution is -2.17. The van der Waals surface area contributed by atoms with E-state index in [9.17, 15) is 4.79 Å². The summed E-state index contributed by atoms with van der Waals surface area (Å²) in [6.45, 7) is 2.43. The van der Waals surface area contributed by atoms with Gasteiger partial charge in [-0.25, -0.2) is 0 Å². The fourth-order valence-electron chi connectivity index (χ4n) is 1.97. The van der Waals surface area contributed by atoms with Crippen LogP contribution >= 0.6 is 15.9 Å². The molecule has 116 valence electrons. The standard InChI is InChI=1S/C18H16BrN3O/c1-13-5-2-3-8-17(13)22-18(23)15(10-20)12-21-11-14-6-4-7-16(19)9-14/h2-9,12,21H,11H2,1H3,(H,22,23)/b15-12-. The summed E-state index contributed by atoms with van der Waals surface area (Å²) in [5.41, 5.74) is 2.72. The summed E-state index contributed by atoms with van der Waals surface area (Å²) in [5.74, 6) is -0.427. The van der Waals surface area contributed by atoms with Crippen LogP contribution in [-0.2, 0) is 11.3 Å². The van der Waals surface area contributed by atoms with Crippen molar-refractivity contribution in [2.24, 2.45) is 0 Å². The fourth-order valence-corrected chi connectivity index (χ4v) is 2.42. The van der Waals surface area contributed by atoms with Crippen LogP contribution < -0.4 is 10.6 Å². The van der Waals surface area contributed by atoms with Crippen molar-refractivity contribution in [3.8, 4) is 6.07 Å². The van der Waals surface area contributed by atoms with Gasteiger partial charge in [0.1, 0.15) is 11.6 Å². The van der Waals surface area contributed by atoms with Crippen molar-refractivity contribution in [2.45, 2.75) is 13.5 Å². The molecule has 0 radical (unpaired) electrons. The number of nitrogens with one attached hydrogen (secondary N) is 2. The second-order valence-electron chi connectivity index (χ2n) is 4.95. The molecule has 0 fully saturated rings. The average Bonchev–Trinajstić information content (AvgIpc) is 2.54. The summed E-state index contributed by atoms with van der Waals surface area (Å²) in [6, 6.07) is 17.2. The zero-order chi connectivity index (χ0) is 16.7. The number of benzene rings is 2. The van der Waals surface area contributed by atoms with Crippen LogP contribution in [0.1, 0.15) is 11.1 Å². The van der Waals surface area contributed by atoms with Gasteiger partial charge in [0.2, 0.25) is 0 Å². The Balaban J connectivity index is 2.00. The number of carbonyl (C=O) groups is 1. The number of hydrogen-bond acceptors (Lipinski definition) is 3. The van der Waals surface area contributed by atoms with Gasteiger partial charge >= 0.3 is 0 Å². The Morgan fingerprint density at radius 2 is 2.04 bits per heavy atom. The van der Waals surface area contributed by atoms with E-state index < -0.39 is 5.91 Å². The first-order chi connectivity index (χ1) is 11.1. The highest BCUT2D eigenvalue weighted by Gasteiger charge is 2.10. The minimum Gasteiger partial charge on any atom is -0.386 e. The molecule has 0 spiro atoms. The third kappa shape index (κ3) is 4.97. The van der Waals surface area contributed by atoms with E-state index in [-0.39, 0.29) is 5.57 Å². The number of amides is 1. The molecule has 4 nitrogen and oxygen atoms in total. The summed E-state index contributed by atoms with van der Waals surface area (Å²) in [7, 11) is 0. The van der Waals surface area contributed by atoms with Gasteiger partial charge in [0.05, 0.1) is 0 Å². The Kier molecular flexibility index (Phi) is 5.95. The van der Waals surface area contributed by atoms with E-state index in [0.29, 0.717) is 12.2 Å². The number of anilines is 1. The van der Waals surface area contributed by atoms with Crippen molar-refractivity contribution < 1.29 is 4.79 Å². The number of nitrogens with zero attached hydrogens (tertiary/aromatic N) is 1. The van der Waals surface area contributed by atoms with Gasteiger partial charge in [-0.2, -0.15) is 5.26 Å². The second kappa shape index (κ2) is 8.16. The molecule has 2 aromatic rings. The maximum absolute atomic E-state index is 12.1. The highest BCUT2D eigenvalue weighted by Crippen LogP contribution is 2.14. The largest absolute Gasteiger partial charge is 0.386 e. The SMILES string of the molecule is Cc1ccccc1NC(=O)/C(C#N)=C\NCc1cccc(Br)c1. The molecule has 2 N–H and O–H groups in total. The zero-order valence-corrected chi connectivity index (χ0v) is 14.2. The van der Waals surface area contributed by atoms with Crippen LogP contribution in [-0.4, -0.2) is 5.91 Å². The van der Waals surface area contributed by atoms with Crippen LogP contribution in [0, 0.1) is 18.3 Å². The lowest BCUT2D eigenvalue weighted by molar-refractivity contribution is -0.112. The van der Waals surface area contributed by atoms with E-state index in [4.69, 9.17) is 5.26 Å². The summed E-state index contributed by atoms with van der Waals surface area (Å²) in [5, 5.41) is 14.9. The fraction of sp³-hybridized carbons (Fsp3) is 0.111. The number of hydrogen-bond donors (Lipinski definition) is 2. The molecular weight excluding hydrogens is 354 g/mol. The van der Waals surface area contributed by atoms with Crippen molar-refractivity contribution in [3.63, 3.8) is 0 Å². The Morgan fingerprint density at radius 1 is 1.26 bits per heavy atom. The molecule has 0 aromatic heterocycles. The second-order valence-corrected chi connectivity index (χ2v) is 5.87. The molecule has 2 rings (SSSR count). The quantitative estimate of drug-likeness (QED) is 0.620. The number of aryl methyl sites for hydroxylation is 1. The zero-order valence-electron chi connectivity index (χ0n) is 12.6. The molecule has 2 aromatic carbocycles. The van der Waals surface area contributed by atoms with Crippen molar-refractivity contribution in [1.82, 2.24) is 5.32 Å². The Morgan fingerprint density at radius 3 is 2.74 bits per heavy atom. The average molecular weight is 370 g/mol. The van der Waals surface area contributed by atoms with Crippen molar-refractivity contribution >= 4 is 27.5 Å². The molecule has 0 bridgehead atoms. The summed E-state index contributed by atoms with van der Waals surface area (Å²) in [4.78, 5) is 12.1. The van der Waals surface area contributed by atoms with Crippen LogP contribution in [0.15, 0.2) is 64.8 Å². The van der Waals surface area contributed by atoms with Gasteiger partial charge in [0.15, 0.2) is 0 Å². The lowest BCUT2D eigenvalue weighted by Gasteiger charge is -2.07. The third-order valence-electron chi connectivity index (χ3n) is 3.20. The van der Waals surface area contributed by atoms with Crippen molar-refractivity contribution in [2.75, 3.05) is 5.32 Å². The van der Waals surface area contributed by atoms with Gasteiger partial charge in [-0.1, -0.05) is 46.3 Å². The smallest absolute Gasteiger partial charge is 0.267 e. The maximum atomic E-state index is 12.1. The van der Waals surface area contributed by atoms with E-state index >= 15 is 0 Å². The first-order valence-corrected chi connectivity index (χ1v) is 7.84. The van der Waals surface area contributed by atoms with Gasteiger partial charge in [0, 0.05) is 22.9 Å². The van der Waals surface area contributed by atoms with Gasteiger partial charge < -0.3 is 10.6 Å². The van der Waals surface area contributed by atoms with E-state index in [1.807, 2.05) is 55.5 Å². The first kappa shape index (κ1) is 16.8. The topological polar surface area (TPSA) is 64.9 Å². The number of rotatable bonds is 5. The van der Waals surface area contributed by atoms with E-state index in [1.165, 1.54) is 6.20 Å². The predicted octanol–water partition coefficient (Wildman–Crippen LogP) is 3.89. The number of carbonyl (C=O) groups excluding carboxylic acids is 1. The molecule has 0 saturated heterocycles. The minimum atomic E-state index is -0.427. The monoisotopic (exact) mass is 369 g/mol. The third-order valence-corrected chi connectivity index (χ3v) is 3.69. The van der Waals surface area contributed by atoms with Gasteiger partial charge in [-0.05, 0) is 36.2 Å². The number of halogens is 1. The van der Waals surface area contributed by atoms with Crippen LogP contribution in [0.2, 0.25) is 0 Å². The molecule has 0 aliphatic rings. The molecule has 5 heteroatoms. The molecule has 1 amide bonds. The minimum absolute atomic E-state index is 0.0308. The van der Waals surface area contributed by atoms with Gasteiger partial charge in [0.25, 0.3) is 5.91 Å². The van der Waals surface area contributed by atoms with Crippen molar-refractivity contribution in [1.29, 1.82) is 5.26 Å². The van der Waals surface area contributed by atoms with E-state index in [1.54, 1.807) is 6.07 Å². The van der Waals surface area contributed by atoms with Crippen molar-refractivity contribution in [3.05, 3.63) is 75.9 Å². The summed E-state index contributed by atoms with van der Waals surface area (Å²) >= 11 is 3.40. The lowest BCUT2D eigenvalue weighted by atomic mass is 10.2. The van der Waals surface area contributed by atoms with E-state index in [0.717, 1.165) is 15.6 Å². The highest BCUT2D eigenvalue weighted by molar-refractivity contribution is 9.10. The maximum Gasteiger partial charge on any atom is 0.267 e. The molecule has 0 saturated carbocycles. The number of para-hydroxylation sites is 1. The van der Waals surface area contributed by atoms with E-state index in [2.05, 4.69) is 26.6 Å². The molecule has 0 aliphatic heterocycles. The summed E-state index contributed by atoms with van der Waals surface area (Å²) in [6.07, 6.45) is 1.44. The molecule has 23 heavy (non-hydrogen) atoms. The summed E-state index contributed by atoms with van der Waals surface area (Å²) < 4.78 is 0.985. The highest BCUT2D eigenvalue weighted by atomic mass is 79.9. The molecule has 0 aliphatic carbocycles.